The standard InChI is InChI=1S/C17H23NO/c1-18-9-8-17-7-3-2-4-14(17)16(18)10-12-5-6-13(19)11-15(12)17/h5-6,11,14,16,19H,2-4,7-10H2,1H3/t14-,16-,17+/m0/s1/i5D,6D,11D. The van der Waals surface area contributed by atoms with E-state index in [9.17, 15) is 5.11 Å². The Bertz CT molecular complexity index is 648. The summed E-state index contributed by atoms with van der Waals surface area (Å²) in [4.78, 5) is 2.41. The van der Waals surface area contributed by atoms with Gasteiger partial charge in [-0.2, -0.15) is 0 Å². The van der Waals surface area contributed by atoms with Crippen LogP contribution in [0.4, 0.5) is 0 Å². The molecule has 0 amide bonds. The van der Waals surface area contributed by atoms with Gasteiger partial charge < -0.3 is 10.0 Å². The van der Waals surface area contributed by atoms with Crippen LogP contribution in [0.2, 0.25) is 0 Å². The topological polar surface area (TPSA) is 23.5 Å². The smallest absolute Gasteiger partial charge is 0.115 e. The quantitative estimate of drug-likeness (QED) is 0.775. The molecule has 1 aromatic carbocycles. The number of hydrogen-bond acceptors (Lipinski definition) is 2. The van der Waals surface area contributed by atoms with Crippen LogP contribution < -0.4 is 0 Å². The molecule has 19 heavy (non-hydrogen) atoms. The first-order chi connectivity index (χ1) is 10.5. The number of phenols is 1. The maximum atomic E-state index is 10.2. The van der Waals surface area contributed by atoms with Crippen LogP contribution in [-0.4, -0.2) is 29.6 Å². The zero-order valence-electron chi connectivity index (χ0n) is 14.5. The number of benzene rings is 1. The van der Waals surface area contributed by atoms with E-state index < -0.39 is 0 Å². The van der Waals surface area contributed by atoms with Gasteiger partial charge in [-0.3, -0.25) is 0 Å². The number of fused-ring (bicyclic) bond motifs is 1. The number of likely N-dealkylation sites (N-methyl/N-ethyl adjacent to an activating group) is 1. The first-order valence-electron chi connectivity index (χ1n) is 8.99. The molecule has 0 unspecified atom stereocenters. The number of rotatable bonds is 0. The zero-order chi connectivity index (χ0) is 15.6. The number of phenolic OH excluding ortho intramolecular Hbond substituents is 1. The van der Waals surface area contributed by atoms with Gasteiger partial charge in [0.1, 0.15) is 5.75 Å². The van der Waals surface area contributed by atoms with Crippen molar-refractivity contribution in [2.45, 2.75) is 50.0 Å². The third-order valence-electron chi connectivity index (χ3n) is 5.83. The molecule has 1 heterocycles. The van der Waals surface area contributed by atoms with Crippen molar-refractivity contribution in [2.75, 3.05) is 13.6 Å². The van der Waals surface area contributed by atoms with E-state index in [2.05, 4.69) is 11.9 Å². The van der Waals surface area contributed by atoms with Crippen LogP contribution in [0, 0.1) is 5.92 Å². The molecule has 0 spiro atoms. The number of piperidine rings is 1. The van der Waals surface area contributed by atoms with E-state index >= 15 is 0 Å². The molecule has 102 valence electrons. The molecule has 2 heteroatoms. The van der Waals surface area contributed by atoms with E-state index in [1.165, 1.54) is 19.3 Å². The Labute approximate surface area is 119 Å². The molecule has 2 bridgehead atoms. The van der Waals surface area contributed by atoms with Crippen LogP contribution in [0.1, 0.15) is 47.3 Å². The molecule has 1 saturated heterocycles. The summed E-state index contributed by atoms with van der Waals surface area (Å²) >= 11 is 0. The van der Waals surface area contributed by atoms with E-state index in [-0.39, 0.29) is 29.3 Å². The van der Waals surface area contributed by atoms with Crippen LogP contribution in [0.25, 0.3) is 0 Å². The number of likely N-dealkylation sites (tertiary alicyclic amines) is 1. The van der Waals surface area contributed by atoms with Gasteiger partial charge in [0.2, 0.25) is 0 Å². The summed E-state index contributed by atoms with van der Waals surface area (Å²) in [6.07, 6.45) is 6.44. The number of nitrogens with zero attached hydrogens (tertiary/aromatic N) is 1. The molecule has 4 rings (SSSR count). The monoisotopic (exact) mass is 260 g/mol. The molecule has 3 aliphatic rings. The Balaban J connectivity index is 2.01. The fourth-order valence-corrected chi connectivity index (χ4v) is 4.93. The van der Waals surface area contributed by atoms with Gasteiger partial charge >= 0.3 is 0 Å². The molecule has 1 aromatic rings. The summed E-state index contributed by atoms with van der Waals surface area (Å²) in [5, 5.41) is 10.2. The van der Waals surface area contributed by atoms with Gasteiger partial charge in [-0.05, 0) is 68.4 Å². The first-order valence-corrected chi connectivity index (χ1v) is 7.49. The predicted molar refractivity (Wildman–Crippen MR) is 76.5 cm³/mol. The van der Waals surface area contributed by atoms with Gasteiger partial charge in [-0.25, -0.2) is 0 Å². The van der Waals surface area contributed by atoms with E-state index in [4.69, 9.17) is 4.11 Å². The molecule has 1 aliphatic heterocycles. The fraction of sp³-hybridized carbons (Fsp3) is 0.647. The highest BCUT2D eigenvalue weighted by Gasteiger charge is 2.52. The lowest BCUT2D eigenvalue weighted by molar-refractivity contribution is 0.00274. The Morgan fingerprint density at radius 3 is 3.16 bits per heavy atom. The van der Waals surface area contributed by atoms with E-state index in [0.717, 1.165) is 36.9 Å². The van der Waals surface area contributed by atoms with E-state index in [0.29, 0.717) is 12.0 Å². The van der Waals surface area contributed by atoms with Crippen molar-refractivity contribution in [2.24, 2.45) is 5.92 Å². The van der Waals surface area contributed by atoms with Crippen molar-refractivity contribution < 1.29 is 9.22 Å². The van der Waals surface area contributed by atoms with Crippen LogP contribution in [0.5, 0.6) is 5.75 Å². The Morgan fingerprint density at radius 1 is 1.37 bits per heavy atom. The van der Waals surface area contributed by atoms with Gasteiger partial charge in [0.15, 0.2) is 0 Å². The predicted octanol–water partition coefficient (Wildman–Crippen LogP) is 3.08. The number of hydrogen-bond donors (Lipinski definition) is 1. The Hall–Kier alpha value is -1.02. The van der Waals surface area contributed by atoms with Crippen LogP contribution in [-0.2, 0) is 11.8 Å². The van der Waals surface area contributed by atoms with Gasteiger partial charge in [0.05, 0.1) is 4.11 Å². The normalized spacial score (nSPS) is 39.7. The van der Waals surface area contributed by atoms with Crippen molar-refractivity contribution in [1.82, 2.24) is 4.90 Å². The minimum atomic E-state index is -0.292. The molecule has 0 aromatic heterocycles. The van der Waals surface area contributed by atoms with Crippen LogP contribution in [0.3, 0.4) is 0 Å². The molecule has 1 N–H and O–H groups in total. The van der Waals surface area contributed by atoms with Crippen molar-refractivity contribution in [1.29, 1.82) is 0 Å². The fourth-order valence-electron chi connectivity index (χ4n) is 4.93. The average Bonchev–Trinajstić information content (AvgIpc) is 2.53. The minimum Gasteiger partial charge on any atom is -0.508 e. The van der Waals surface area contributed by atoms with Crippen molar-refractivity contribution in [3.63, 3.8) is 0 Å². The highest BCUT2D eigenvalue weighted by atomic mass is 16.3. The summed E-state index contributed by atoms with van der Waals surface area (Å²) in [6, 6.07) is 0.530. The summed E-state index contributed by atoms with van der Waals surface area (Å²) in [5.74, 6) is 0.242. The largest absolute Gasteiger partial charge is 0.508 e. The average molecular weight is 260 g/mol. The molecule has 3 atom stereocenters. The van der Waals surface area contributed by atoms with Crippen molar-refractivity contribution >= 4 is 0 Å². The molecule has 2 fully saturated rings. The third-order valence-corrected chi connectivity index (χ3v) is 5.83. The minimum absolute atomic E-state index is 0.0406. The highest BCUT2D eigenvalue weighted by Crippen LogP contribution is 2.55. The Morgan fingerprint density at radius 2 is 2.26 bits per heavy atom. The summed E-state index contributed by atoms with van der Waals surface area (Å²) < 4.78 is 24.7. The second-order valence-corrected chi connectivity index (χ2v) is 6.59. The first kappa shape index (κ1) is 9.02. The van der Waals surface area contributed by atoms with E-state index in [1.54, 1.807) is 0 Å². The maximum Gasteiger partial charge on any atom is 0.115 e. The summed E-state index contributed by atoms with van der Waals surface area (Å²) in [6.45, 7) is 1.02. The van der Waals surface area contributed by atoms with Gasteiger partial charge in [0.25, 0.3) is 0 Å². The SMILES string of the molecule is [2H]c1c([2H])c2c(c([2H])c1O)[C@@]13CCCC[C@H]1[C@H](C2)N(C)CC3. The van der Waals surface area contributed by atoms with Crippen molar-refractivity contribution in [3.8, 4) is 5.75 Å². The second-order valence-electron chi connectivity index (χ2n) is 6.59. The molecular formula is C17H23NO. The molecule has 0 radical (unpaired) electrons. The van der Waals surface area contributed by atoms with Gasteiger partial charge in [-0.15, -0.1) is 0 Å². The lowest BCUT2D eigenvalue weighted by Gasteiger charge is -2.58. The summed E-state index contributed by atoms with van der Waals surface area (Å²) in [7, 11) is 2.17. The van der Waals surface area contributed by atoms with Crippen LogP contribution >= 0.6 is 0 Å². The molecule has 2 nitrogen and oxygen atoms in total. The van der Waals surface area contributed by atoms with Crippen molar-refractivity contribution in [3.05, 3.63) is 29.3 Å². The zero-order valence-corrected chi connectivity index (χ0v) is 11.5. The molecule has 1 saturated carbocycles. The number of aromatic hydroxyl groups is 1. The summed E-state index contributed by atoms with van der Waals surface area (Å²) in [5.41, 5.74) is 1.74. The van der Waals surface area contributed by atoms with Gasteiger partial charge in [0, 0.05) is 11.5 Å². The maximum absolute atomic E-state index is 10.2. The van der Waals surface area contributed by atoms with E-state index in [1.807, 2.05) is 0 Å². The lowest BCUT2D eigenvalue weighted by atomic mass is 9.52. The highest BCUT2D eigenvalue weighted by molar-refractivity contribution is 5.45. The Kier molecular flexibility index (Phi) is 1.89. The van der Waals surface area contributed by atoms with Crippen LogP contribution in [0.15, 0.2) is 18.1 Å². The third kappa shape index (κ3) is 1.53. The second kappa shape index (κ2) is 3.99. The molecular weight excluding hydrogens is 234 g/mol. The lowest BCUT2D eigenvalue weighted by Crippen LogP contribution is -2.59. The van der Waals surface area contributed by atoms with Gasteiger partial charge in [-0.1, -0.05) is 18.9 Å². The molecule has 2 aliphatic carbocycles.